The number of hydrogen-bond donors (Lipinski definition) is 1. The Labute approximate surface area is 194 Å². The minimum Gasteiger partial charge on any atom is -0.306 e. The van der Waals surface area contributed by atoms with Gasteiger partial charge in [0, 0.05) is 24.3 Å². The van der Waals surface area contributed by atoms with Crippen LogP contribution in [0.1, 0.15) is 69.2 Å². The molecule has 7 heteroatoms. The highest BCUT2D eigenvalue weighted by atomic mass is 16.1. The summed E-state index contributed by atoms with van der Waals surface area (Å²) in [5.74, 6) is 0.313. The summed E-state index contributed by atoms with van der Waals surface area (Å²) in [5, 5.41) is 4.38. The molecular formula is C26H34N6O. The average molecular weight is 447 g/mol. The summed E-state index contributed by atoms with van der Waals surface area (Å²) in [7, 11) is 0. The van der Waals surface area contributed by atoms with Gasteiger partial charge in [-0.3, -0.25) is 9.47 Å². The Hall–Kier alpha value is -2.93. The molecule has 0 bridgehead atoms. The molecule has 1 aromatic carbocycles. The maximum atomic E-state index is 13.2. The standard InChI is InChI=1S/C26H34N6O/c1-15(2)20-11-24-23(29-26(33)32(24)19-8-7-9-30(12-19)16(3)4)10-21(20)22-13-31-25(27-14-28-31)18(6)17(22)5/h10-11,13-16,19H,7-9,12H2,1-6H3,(H,29,33)/t19-/m1/s1. The van der Waals surface area contributed by atoms with Crippen molar-refractivity contribution in [3.63, 3.8) is 0 Å². The van der Waals surface area contributed by atoms with Crippen LogP contribution >= 0.6 is 0 Å². The number of nitrogens with zero attached hydrogens (tertiary/aromatic N) is 5. The lowest BCUT2D eigenvalue weighted by Crippen LogP contribution is -2.42. The van der Waals surface area contributed by atoms with Crippen LogP contribution in [0.2, 0.25) is 0 Å². The summed E-state index contributed by atoms with van der Waals surface area (Å²) < 4.78 is 3.86. The van der Waals surface area contributed by atoms with Gasteiger partial charge in [0.05, 0.1) is 17.1 Å². The molecule has 0 radical (unpaired) electrons. The van der Waals surface area contributed by atoms with Crippen LogP contribution in [0.15, 0.2) is 29.5 Å². The average Bonchev–Trinajstić information content (AvgIpc) is 3.38. The normalized spacial score (nSPS) is 17.8. The van der Waals surface area contributed by atoms with Crippen LogP contribution < -0.4 is 5.69 Å². The van der Waals surface area contributed by atoms with Crippen molar-refractivity contribution in [3.05, 3.63) is 51.8 Å². The van der Waals surface area contributed by atoms with Crippen molar-refractivity contribution in [3.8, 4) is 11.1 Å². The summed E-state index contributed by atoms with van der Waals surface area (Å²) in [5.41, 5.74) is 8.64. The lowest BCUT2D eigenvalue weighted by molar-refractivity contribution is 0.143. The van der Waals surface area contributed by atoms with Crippen LogP contribution in [0.25, 0.3) is 27.8 Å². The number of aromatic nitrogens is 5. The van der Waals surface area contributed by atoms with Gasteiger partial charge in [-0.25, -0.2) is 14.3 Å². The number of imidazole rings is 1. The van der Waals surface area contributed by atoms with Crippen molar-refractivity contribution in [1.82, 2.24) is 29.0 Å². The van der Waals surface area contributed by atoms with E-state index in [1.165, 1.54) is 11.1 Å². The molecule has 5 rings (SSSR count). The molecule has 4 heterocycles. The second kappa shape index (κ2) is 8.13. The maximum absolute atomic E-state index is 13.2. The summed E-state index contributed by atoms with van der Waals surface area (Å²) in [6.07, 6.45) is 5.82. The van der Waals surface area contributed by atoms with E-state index >= 15 is 0 Å². The summed E-state index contributed by atoms with van der Waals surface area (Å²) in [6.45, 7) is 15.2. The molecule has 0 amide bonds. The Bertz CT molecular complexity index is 1390. The van der Waals surface area contributed by atoms with Crippen molar-refractivity contribution in [2.75, 3.05) is 13.1 Å². The molecule has 0 spiro atoms. The van der Waals surface area contributed by atoms with Crippen LogP contribution in [0.4, 0.5) is 0 Å². The van der Waals surface area contributed by atoms with E-state index < -0.39 is 0 Å². The van der Waals surface area contributed by atoms with E-state index in [1.54, 1.807) is 6.33 Å². The van der Waals surface area contributed by atoms with Crippen LogP contribution in [0.5, 0.6) is 0 Å². The number of H-pyrrole nitrogens is 1. The highest BCUT2D eigenvalue weighted by Crippen LogP contribution is 2.36. The Morgan fingerprint density at radius 1 is 1.09 bits per heavy atom. The second-order valence-electron chi connectivity index (χ2n) is 10.1. The summed E-state index contributed by atoms with van der Waals surface area (Å²) in [4.78, 5) is 23.2. The second-order valence-corrected chi connectivity index (χ2v) is 10.1. The van der Waals surface area contributed by atoms with Crippen molar-refractivity contribution in [2.45, 2.75) is 72.4 Å². The number of aromatic amines is 1. The Morgan fingerprint density at radius 2 is 1.88 bits per heavy atom. The molecule has 1 N–H and O–H groups in total. The third-order valence-corrected chi connectivity index (χ3v) is 7.45. The van der Waals surface area contributed by atoms with Crippen molar-refractivity contribution >= 4 is 16.7 Å². The molecule has 174 valence electrons. The molecule has 1 aliphatic heterocycles. The number of hydrogen-bond acceptors (Lipinski definition) is 4. The first-order valence-corrected chi connectivity index (χ1v) is 12.1. The highest BCUT2D eigenvalue weighted by molar-refractivity contribution is 5.86. The number of fused-ring (bicyclic) bond motifs is 2. The van der Waals surface area contributed by atoms with E-state index in [0.717, 1.165) is 59.3 Å². The maximum Gasteiger partial charge on any atom is 0.326 e. The van der Waals surface area contributed by atoms with Crippen LogP contribution in [0.3, 0.4) is 0 Å². The SMILES string of the molecule is Cc1c(-c2cc3[nH]c(=O)n([C@@H]4CCCN(C(C)C)C4)c3cc2C(C)C)cn2ncnc2c1C. The minimum atomic E-state index is -0.00732. The first kappa shape index (κ1) is 21.9. The van der Waals surface area contributed by atoms with E-state index in [4.69, 9.17) is 0 Å². The molecule has 33 heavy (non-hydrogen) atoms. The molecule has 0 unspecified atom stereocenters. The predicted octanol–water partition coefficient (Wildman–Crippen LogP) is 4.82. The summed E-state index contributed by atoms with van der Waals surface area (Å²) in [6, 6.07) is 5.09. The monoisotopic (exact) mass is 446 g/mol. The number of rotatable bonds is 4. The molecule has 0 aliphatic carbocycles. The molecular weight excluding hydrogens is 412 g/mol. The van der Waals surface area contributed by atoms with Gasteiger partial charge in [0.15, 0.2) is 5.65 Å². The Kier molecular flexibility index (Phi) is 5.40. The van der Waals surface area contributed by atoms with Crippen molar-refractivity contribution in [1.29, 1.82) is 0 Å². The first-order valence-electron chi connectivity index (χ1n) is 12.1. The Balaban J connectivity index is 1.70. The van der Waals surface area contributed by atoms with Crippen LogP contribution in [0, 0.1) is 13.8 Å². The fourth-order valence-electron chi connectivity index (χ4n) is 5.40. The van der Waals surface area contributed by atoms with Gasteiger partial charge < -0.3 is 4.98 Å². The number of piperidine rings is 1. The van der Waals surface area contributed by atoms with Gasteiger partial charge in [0.2, 0.25) is 0 Å². The number of benzene rings is 1. The zero-order valence-corrected chi connectivity index (χ0v) is 20.5. The smallest absolute Gasteiger partial charge is 0.306 e. The van der Waals surface area contributed by atoms with E-state index in [9.17, 15) is 4.79 Å². The summed E-state index contributed by atoms with van der Waals surface area (Å²) >= 11 is 0. The van der Waals surface area contributed by atoms with Crippen molar-refractivity contribution < 1.29 is 0 Å². The fraction of sp³-hybridized carbons (Fsp3) is 0.500. The van der Waals surface area contributed by atoms with Gasteiger partial charge >= 0.3 is 5.69 Å². The molecule has 1 fully saturated rings. The van der Waals surface area contributed by atoms with Gasteiger partial charge in [-0.1, -0.05) is 13.8 Å². The minimum absolute atomic E-state index is 0.00732. The van der Waals surface area contributed by atoms with Gasteiger partial charge in [-0.05, 0) is 87.4 Å². The van der Waals surface area contributed by atoms with Gasteiger partial charge in [0.1, 0.15) is 6.33 Å². The fourth-order valence-corrected chi connectivity index (χ4v) is 5.40. The molecule has 4 aromatic rings. The van der Waals surface area contributed by atoms with E-state index in [0.29, 0.717) is 12.0 Å². The zero-order valence-electron chi connectivity index (χ0n) is 20.5. The quantitative estimate of drug-likeness (QED) is 0.488. The molecule has 1 saturated heterocycles. The topological polar surface area (TPSA) is 71.2 Å². The number of nitrogens with one attached hydrogen (secondary N) is 1. The number of pyridine rings is 1. The molecule has 1 atom stereocenters. The van der Waals surface area contributed by atoms with Crippen LogP contribution in [-0.2, 0) is 0 Å². The third-order valence-electron chi connectivity index (χ3n) is 7.45. The van der Waals surface area contributed by atoms with Crippen LogP contribution in [-0.4, -0.2) is 48.2 Å². The zero-order chi connectivity index (χ0) is 23.4. The van der Waals surface area contributed by atoms with Gasteiger partial charge in [0.25, 0.3) is 0 Å². The van der Waals surface area contributed by atoms with E-state index in [-0.39, 0.29) is 11.7 Å². The predicted molar refractivity (Wildman–Crippen MR) is 133 cm³/mol. The number of likely N-dealkylation sites (tertiary alicyclic amines) is 1. The first-order chi connectivity index (χ1) is 15.8. The van der Waals surface area contributed by atoms with Crippen molar-refractivity contribution in [2.24, 2.45) is 0 Å². The lowest BCUT2D eigenvalue weighted by Gasteiger charge is -2.35. The molecule has 0 saturated carbocycles. The van der Waals surface area contributed by atoms with Gasteiger partial charge in [-0.15, -0.1) is 0 Å². The molecule has 7 nitrogen and oxygen atoms in total. The third kappa shape index (κ3) is 3.59. The number of aryl methyl sites for hydroxylation is 1. The highest BCUT2D eigenvalue weighted by Gasteiger charge is 2.26. The molecule has 3 aromatic heterocycles. The van der Waals surface area contributed by atoms with E-state index in [1.807, 2.05) is 9.08 Å². The lowest BCUT2D eigenvalue weighted by atomic mass is 9.89. The van der Waals surface area contributed by atoms with Gasteiger partial charge in [-0.2, -0.15) is 5.10 Å². The Morgan fingerprint density at radius 3 is 2.61 bits per heavy atom. The molecule has 1 aliphatic rings. The largest absolute Gasteiger partial charge is 0.326 e. The van der Waals surface area contributed by atoms with E-state index in [2.05, 4.69) is 79.8 Å².